The van der Waals surface area contributed by atoms with Crippen LogP contribution in [-0.4, -0.2) is 37.6 Å². The molecule has 0 bridgehead atoms. The SMILES string of the molecule is CCC(C)(C(Cc1ccccc1)NC)N(C)C. The van der Waals surface area contributed by atoms with Crippen LogP contribution in [0.5, 0.6) is 0 Å². The quantitative estimate of drug-likeness (QED) is 0.814. The minimum atomic E-state index is 0.185. The van der Waals surface area contributed by atoms with Crippen LogP contribution in [0.4, 0.5) is 0 Å². The van der Waals surface area contributed by atoms with Gasteiger partial charge in [-0.05, 0) is 46.5 Å². The zero-order chi connectivity index (χ0) is 12.9. The average Bonchev–Trinajstić information content (AvgIpc) is 2.36. The normalized spacial score (nSPS) is 16.8. The predicted molar refractivity (Wildman–Crippen MR) is 75.4 cm³/mol. The number of rotatable bonds is 6. The van der Waals surface area contributed by atoms with Gasteiger partial charge >= 0.3 is 0 Å². The maximum Gasteiger partial charge on any atom is 0.0328 e. The molecule has 1 N–H and O–H groups in total. The van der Waals surface area contributed by atoms with Gasteiger partial charge in [0.2, 0.25) is 0 Å². The second-order valence-electron chi connectivity index (χ2n) is 5.14. The molecule has 0 aromatic heterocycles. The topological polar surface area (TPSA) is 15.3 Å². The van der Waals surface area contributed by atoms with Crippen molar-refractivity contribution in [1.29, 1.82) is 0 Å². The predicted octanol–water partition coefficient (Wildman–Crippen LogP) is 2.55. The Labute approximate surface area is 106 Å². The highest BCUT2D eigenvalue weighted by Crippen LogP contribution is 2.23. The molecule has 2 unspecified atom stereocenters. The van der Waals surface area contributed by atoms with Gasteiger partial charge in [0.1, 0.15) is 0 Å². The van der Waals surface area contributed by atoms with Crippen LogP contribution in [0.3, 0.4) is 0 Å². The van der Waals surface area contributed by atoms with Gasteiger partial charge < -0.3 is 10.2 Å². The molecule has 0 fully saturated rings. The van der Waals surface area contributed by atoms with Crippen molar-refractivity contribution in [3.8, 4) is 0 Å². The lowest BCUT2D eigenvalue weighted by Crippen LogP contribution is -2.56. The maximum atomic E-state index is 3.48. The third-order valence-corrected chi connectivity index (χ3v) is 4.12. The largest absolute Gasteiger partial charge is 0.315 e. The molecule has 2 atom stereocenters. The molecule has 0 spiro atoms. The van der Waals surface area contributed by atoms with Crippen LogP contribution in [0.25, 0.3) is 0 Å². The first-order valence-corrected chi connectivity index (χ1v) is 6.43. The van der Waals surface area contributed by atoms with Crippen molar-refractivity contribution in [1.82, 2.24) is 10.2 Å². The Morgan fingerprint density at radius 2 is 1.82 bits per heavy atom. The molecule has 0 saturated carbocycles. The highest BCUT2D eigenvalue weighted by molar-refractivity contribution is 5.17. The first-order valence-electron chi connectivity index (χ1n) is 6.43. The fourth-order valence-electron chi connectivity index (χ4n) is 2.36. The fraction of sp³-hybridized carbons (Fsp3) is 0.600. The second kappa shape index (κ2) is 6.18. The van der Waals surface area contributed by atoms with Crippen LogP contribution in [0.1, 0.15) is 25.8 Å². The lowest BCUT2D eigenvalue weighted by atomic mass is 9.84. The van der Waals surface area contributed by atoms with E-state index in [4.69, 9.17) is 0 Å². The minimum absolute atomic E-state index is 0.185. The molecule has 1 aromatic rings. The van der Waals surface area contributed by atoms with E-state index >= 15 is 0 Å². The van der Waals surface area contributed by atoms with Crippen LogP contribution in [0.2, 0.25) is 0 Å². The number of hydrogen-bond donors (Lipinski definition) is 1. The van der Waals surface area contributed by atoms with Crippen LogP contribution in [-0.2, 0) is 6.42 Å². The fourth-order valence-corrected chi connectivity index (χ4v) is 2.36. The van der Waals surface area contributed by atoms with Crippen molar-refractivity contribution in [2.75, 3.05) is 21.1 Å². The van der Waals surface area contributed by atoms with Crippen LogP contribution in [0, 0.1) is 0 Å². The summed E-state index contributed by atoms with van der Waals surface area (Å²) in [5.41, 5.74) is 1.58. The van der Waals surface area contributed by atoms with Crippen LogP contribution >= 0.6 is 0 Å². The van der Waals surface area contributed by atoms with Crippen molar-refractivity contribution >= 4 is 0 Å². The summed E-state index contributed by atoms with van der Waals surface area (Å²) in [6.07, 6.45) is 2.21. The standard InChI is InChI=1S/C15H26N2/c1-6-15(2,17(4)5)14(16-3)12-13-10-8-7-9-11-13/h7-11,14,16H,6,12H2,1-5H3. The molecule has 96 valence electrons. The summed E-state index contributed by atoms with van der Waals surface area (Å²) in [6.45, 7) is 4.59. The molecule has 0 aliphatic rings. The number of benzene rings is 1. The molecule has 0 aliphatic heterocycles. The summed E-state index contributed by atoms with van der Waals surface area (Å²) in [7, 11) is 6.39. The molecule has 0 heterocycles. The van der Waals surface area contributed by atoms with E-state index in [0.29, 0.717) is 6.04 Å². The Bertz CT molecular complexity index is 321. The zero-order valence-corrected chi connectivity index (χ0v) is 11.8. The van der Waals surface area contributed by atoms with Gasteiger partial charge in [-0.2, -0.15) is 0 Å². The molecule has 1 rings (SSSR count). The highest BCUT2D eigenvalue weighted by atomic mass is 15.2. The number of hydrogen-bond acceptors (Lipinski definition) is 2. The molecular formula is C15H26N2. The first-order chi connectivity index (χ1) is 8.04. The molecule has 0 aliphatic carbocycles. The van der Waals surface area contributed by atoms with Crippen LogP contribution < -0.4 is 5.32 Å². The molecular weight excluding hydrogens is 208 g/mol. The lowest BCUT2D eigenvalue weighted by Gasteiger charge is -2.42. The number of nitrogens with one attached hydrogen (secondary N) is 1. The summed E-state index contributed by atoms with van der Waals surface area (Å²) in [6, 6.07) is 11.2. The van der Waals surface area contributed by atoms with Crippen molar-refractivity contribution in [2.24, 2.45) is 0 Å². The Balaban J connectivity index is 2.84. The molecule has 0 amide bonds. The summed E-state index contributed by atoms with van der Waals surface area (Å²) >= 11 is 0. The molecule has 17 heavy (non-hydrogen) atoms. The maximum absolute atomic E-state index is 3.48. The Morgan fingerprint density at radius 3 is 2.24 bits per heavy atom. The van der Waals surface area contributed by atoms with Gasteiger partial charge in [0.25, 0.3) is 0 Å². The summed E-state index contributed by atoms with van der Waals surface area (Å²) in [4.78, 5) is 2.33. The van der Waals surface area contributed by atoms with Crippen molar-refractivity contribution in [3.63, 3.8) is 0 Å². The van der Waals surface area contributed by atoms with Gasteiger partial charge in [-0.15, -0.1) is 0 Å². The number of nitrogens with zero attached hydrogens (tertiary/aromatic N) is 1. The summed E-state index contributed by atoms with van der Waals surface area (Å²) in [5, 5.41) is 3.48. The first kappa shape index (κ1) is 14.2. The van der Waals surface area contributed by atoms with Gasteiger partial charge in [0, 0.05) is 11.6 Å². The minimum Gasteiger partial charge on any atom is -0.315 e. The van der Waals surface area contributed by atoms with E-state index in [2.05, 4.69) is 75.5 Å². The number of likely N-dealkylation sites (N-methyl/N-ethyl adjacent to an activating group) is 2. The Morgan fingerprint density at radius 1 is 1.24 bits per heavy atom. The van der Waals surface area contributed by atoms with Crippen molar-refractivity contribution in [2.45, 2.75) is 38.3 Å². The molecule has 2 heteroatoms. The van der Waals surface area contributed by atoms with Crippen molar-refractivity contribution in [3.05, 3.63) is 35.9 Å². The Hall–Kier alpha value is -0.860. The third-order valence-electron chi connectivity index (χ3n) is 4.12. The van der Waals surface area contributed by atoms with Gasteiger partial charge in [0.15, 0.2) is 0 Å². The van der Waals surface area contributed by atoms with Gasteiger partial charge in [-0.3, -0.25) is 0 Å². The molecule has 0 radical (unpaired) electrons. The van der Waals surface area contributed by atoms with E-state index in [0.717, 1.165) is 12.8 Å². The monoisotopic (exact) mass is 234 g/mol. The van der Waals surface area contributed by atoms with Crippen molar-refractivity contribution < 1.29 is 0 Å². The Kier molecular flexibility index (Phi) is 5.16. The van der Waals surface area contributed by atoms with E-state index in [9.17, 15) is 0 Å². The van der Waals surface area contributed by atoms with Crippen LogP contribution in [0.15, 0.2) is 30.3 Å². The smallest absolute Gasteiger partial charge is 0.0328 e. The average molecular weight is 234 g/mol. The van der Waals surface area contributed by atoms with Gasteiger partial charge in [0.05, 0.1) is 0 Å². The van der Waals surface area contributed by atoms with E-state index in [-0.39, 0.29) is 5.54 Å². The van der Waals surface area contributed by atoms with E-state index in [1.54, 1.807) is 0 Å². The summed E-state index contributed by atoms with van der Waals surface area (Å²) < 4.78 is 0. The molecule has 0 saturated heterocycles. The van der Waals surface area contributed by atoms with E-state index in [1.165, 1.54) is 5.56 Å². The molecule has 1 aromatic carbocycles. The third kappa shape index (κ3) is 3.30. The van der Waals surface area contributed by atoms with Gasteiger partial charge in [-0.25, -0.2) is 0 Å². The zero-order valence-electron chi connectivity index (χ0n) is 11.8. The summed E-state index contributed by atoms with van der Waals surface area (Å²) in [5.74, 6) is 0. The second-order valence-corrected chi connectivity index (χ2v) is 5.14. The van der Waals surface area contributed by atoms with Gasteiger partial charge in [-0.1, -0.05) is 37.3 Å². The van der Waals surface area contributed by atoms with E-state index in [1.807, 2.05) is 0 Å². The molecule has 2 nitrogen and oxygen atoms in total. The lowest BCUT2D eigenvalue weighted by molar-refractivity contribution is 0.116. The highest BCUT2D eigenvalue weighted by Gasteiger charge is 2.33. The van der Waals surface area contributed by atoms with E-state index < -0.39 is 0 Å².